The first kappa shape index (κ1) is 16.2. The van der Waals surface area contributed by atoms with Crippen LogP contribution in [-0.4, -0.2) is 25.3 Å². The number of hydrogen-bond acceptors (Lipinski definition) is 3. The lowest BCUT2D eigenvalue weighted by atomic mass is 9.94. The third-order valence-corrected chi connectivity index (χ3v) is 4.07. The van der Waals surface area contributed by atoms with Crippen LogP contribution in [0, 0.1) is 5.92 Å². The summed E-state index contributed by atoms with van der Waals surface area (Å²) in [7, 11) is 0. The third-order valence-electron chi connectivity index (χ3n) is 4.07. The van der Waals surface area contributed by atoms with Gasteiger partial charge in [-0.3, -0.25) is 0 Å². The summed E-state index contributed by atoms with van der Waals surface area (Å²) in [4.78, 5) is 0. The van der Waals surface area contributed by atoms with E-state index in [9.17, 15) is 0 Å². The molecule has 0 bridgehead atoms. The number of fused-ring (bicyclic) bond motifs is 1. The molecule has 0 amide bonds. The van der Waals surface area contributed by atoms with Crippen LogP contribution in [0.25, 0.3) is 0 Å². The number of benzene rings is 1. The molecule has 0 saturated carbocycles. The first-order valence-corrected chi connectivity index (χ1v) is 8.36. The van der Waals surface area contributed by atoms with Gasteiger partial charge in [0.1, 0.15) is 12.7 Å². The van der Waals surface area contributed by atoms with Crippen LogP contribution in [0.15, 0.2) is 24.3 Å². The summed E-state index contributed by atoms with van der Waals surface area (Å²) >= 11 is 0. The molecule has 0 aromatic heterocycles. The maximum atomic E-state index is 6.18. The average Bonchev–Trinajstić information content (AvgIpc) is 2.51. The monoisotopic (exact) mass is 291 g/mol. The Hall–Kier alpha value is -1.22. The summed E-state index contributed by atoms with van der Waals surface area (Å²) in [5, 5.41) is 3.65. The molecule has 1 aliphatic heterocycles. The Morgan fingerprint density at radius 2 is 1.95 bits per heavy atom. The van der Waals surface area contributed by atoms with Crippen molar-refractivity contribution in [2.24, 2.45) is 5.92 Å². The van der Waals surface area contributed by atoms with Crippen molar-refractivity contribution >= 4 is 0 Å². The van der Waals surface area contributed by atoms with Crippen LogP contribution < -0.4 is 14.8 Å². The fourth-order valence-electron chi connectivity index (χ4n) is 2.97. The minimum atomic E-state index is 0.103. The summed E-state index contributed by atoms with van der Waals surface area (Å²) in [6, 6.07) is 8.31. The van der Waals surface area contributed by atoms with E-state index in [-0.39, 0.29) is 6.10 Å². The van der Waals surface area contributed by atoms with E-state index in [0.29, 0.717) is 18.6 Å². The summed E-state index contributed by atoms with van der Waals surface area (Å²) < 4.78 is 12.1. The van der Waals surface area contributed by atoms with Gasteiger partial charge >= 0.3 is 0 Å². The molecule has 1 aromatic carbocycles. The van der Waals surface area contributed by atoms with Crippen LogP contribution in [0.3, 0.4) is 0 Å². The molecule has 1 heterocycles. The van der Waals surface area contributed by atoms with E-state index in [1.54, 1.807) is 0 Å². The van der Waals surface area contributed by atoms with Crippen molar-refractivity contribution in [3.05, 3.63) is 24.3 Å². The molecule has 1 aliphatic rings. The summed E-state index contributed by atoms with van der Waals surface area (Å²) in [5.74, 6) is 2.45. The highest BCUT2D eigenvalue weighted by molar-refractivity contribution is 5.40. The van der Waals surface area contributed by atoms with Gasteiger partial charge in [-0.1, -0.05) is 45.7 Å². The van der Waals surface area contributed by atoms with Gasteiger partial charge in [0.15, 0.2) is 11.5 Å². The van der Waals surface area contributed by atoms with Crippen molar-refractivity contribution in [1.82, 2.24) is 5.32 Å². The molecule has 3 nitrogen and oxygen atoms in total. The van der Waals surface area contributed by atoms with Gasteiger partial charge in [0.2, 0.25) is 0 Å². The van der Waals surface area contributed by atoms with Gasteiger partial charge in [0, 0.05) is 6.04 Å². The van der Waals surface area contributed by atoms with Crippen LogP contribution in [0.1, 0.15) is 46.5 Å². The predicted octanol–water partition coefficient (Wildman–Crippen LogP) is 4.02. The van der Waals surface area contributed by atoms with Gasteiger partial charge in [0.05, 0.1) is 0 Å². The Kier molecular flexibility index (Phi) is 6.37. The van der Waals surface area contributed by atoms with Gasteiger partial charge in [0.25, 0.3) is 0 Å². The molecule has 0 spiro atoms. The highest BCUT2D eigenvalue weighted by atomic mass is 16.6. The van der Waals surface area contributed by atoms with Crippen molar-refractivity contribution in [3.63, 3.8) is 0 Å². The molecule has 0 aliphatic carbocycles. The minimum absolute atomic E-state index is 0.103. The number of nitrogens with one attached hydrogen (secondary N) is 1. The molecule has 0 radical (unpaired) electrons. The zero-order valence-electron chi connectivity index (χ0n) is 13.6. The normalized spacial score (nSPS) is 20.0. The van der Waals surface area contributed by atoms with Crippen LogP contribution in [0.4, 0.5) is 0 Å². The van der Waals surface area contributed by atoms with Crippen LogP contribution >= 0.6 is 0 Å². The molecule has 1 N–H and O–H groups in total. The van der Waals surface area contributed by atoms with E-state index in [1.165, 1.54) is 12.8 Å². The standard InChI is InChI=1S/C18H29NO2/c1-4-8-14(3)12-15(19-11-5-2)18-13-20-16-9-6-7-10-17(16)21-18/h6-7,9-10,14-15,18-19H,4-5,8,11-13H2,1-3H3. The van der Waals surface area contributed by atoms with Crippen molar-refractivity contribution in [2.75, 3.05) is 13.2 Å². The molecular formula is C18H29NO2. The molecular weight excluding hydrogens is 262 g/mol. The van der Waals surface area contributed by atoms with Gasteiger partial charge in [-0.05, 0) is 37.4 Å². The summed E-state index contributed by atoms with van der Waals surface area (Å²) in [6.45, 7) is 8.46. The van der Waals surface area contributed by atoms with E-state index >= 15 is 0 Å². The highest BCUT2D eigenvalue weighted by Gasteiger charge is 2.29. The van der Waals surface area contributed by atoms with Crippen LogP contribution in [0.2, 0.25) is 0 Å². The molecule has 3 unspecified atom stereocenters. The fourth-order valence-corrected chi connectivity index (χ4v) is 2.97. The average molecular weight is 291 g/mol. The Labute approximate surface area is 129 Å². The predicted molar refractivity (Wildman–Crippen MR) is 87.1 cm³/mol. The van der Waals surface area contributed by atoms with Crippen molar-refractivity contribution in [1.29, 1.82) is 0 Å². The second kappa shape index (κ2) is 8.28. The number of hydrogen-bond donors (Lipinski definition) is 1. The van der Waals surface area contributed by atoms with Crippen molar-refractivity contribution < 1.29 is 9.47 Å². The van der Waals surface area contributed by atoms with E-state index in [0.717, 1.165) is 30.9 Å². The fraction of sp³-hybridized carbons (Fsp3) is 0.667. The van der Waals surface area contributed by atoms with Gasteiger partial charge in [-0.2, -0.15) is 0 Å². The zero-order chi connectivity index (χ0) is 15.1. The highest BCUT2D eigenvalue weighted by Crippen LogP contribution is 2.32. The van der Waals surface area contributed by atoms with E-state index in [1.807, 2.05) is 24.3 Å². The molecule has 0 saturated heterocycles. The quantitative estimate of drug-likeness (QED) is 0.784. The lowest BCUT2D eigenvalue weighted by Gasteiger charge is -2.34. The Balaban J connectivity index is 2.00. The molecule has 21 heavy (non-hydrogen) atoms. The van der Waals surface area contributed by atoms with Crippen LogP contribution in [0.5, 0.6) is 11.5 Å². The lowest BCUT2D eigenvalue weighted by Crippen LogP contribution is -2.48. The second-order valence-corrected chi connectivity index (χ2v) is 6.10. The van der Waals surface area contributed by atoms with E-state index in [4.69, 9.17) is 9.47 Å². The maximum absolute atomic E-state index is 6.18. The Morgan fingerprint density at radius 1 is 1.19 bits per heavy atom. The molecule has 1 aromatic rings. The molecule has 3 atom stereocenters. The Bertz CT molecular complexity index is 421. The molecule has 2 rings (SSSR count). The van der Waals surface area contributed by atoms with Crippen molar-refractivity contribution in [2.45, 2.75) is 58.6 Å². The first-order valence-electron chi connectivity index (χ1n) is 8.36. The topological polar surface area (TPSA) is 30.5 Å². The number of ether oxygens (including phenoxy) is 2. The van der Waals surface area contributed by atoms with Gasteiger partial charge in [-0.15, -0.1) is 0 Å². The molecule has 0 fully saturated rings. The SMILES string of the molecule is CCCNC(CC(C)CCC)C1COc2ccccc2O1. The van der Waals surface area contributed by atoms with Crippen molar-refractivity contribution in [3.8, 4) is 11.5 Å². The summed E-state index contributed by atoms with van der Waals surface area (Å²) in [6.07, 6.45) is 4.90. The number of para-hydroxylation sites is 2. The van der Waals surface area contributed by atoms with Gasteiger partial charge < -0.3 is 14.8 Å². The minimum Gasteiger partial charge on any atom is -0.486 e. The molecule has 118 valence electrons. The maximum Gasteiger partial charge on any atom is 0.161 e. The van der Waals surface area contributed by atoms with E-state index in [2.05, 4.69) is 26.1 Å². The van der Waals surface area contributed by atoms with Crippen LogP contribution in [-0.2, 0) is 0 Å². The largest absolute Gasteiger partial charge is 0.486 e. The third kappa shape index (κ3) is 4.63. The summed E-state index contributed by atoms with van der Waals surface area (Å²) in [5.41, 5.74) is 0. The Morgan fingerprint density at radius 3 is 2.67 bits per heavy atom. The van der Waals surface area contributed by atoms with E-state index < -0.39 is 0 Å². The molecule has 3 heteroatoms. The smallest absolute Gasteiger partial charge is 0.161 e. The van der Waals surface area contributed by atoms with Gasteiger partial charge in [-0.25, -0.2) is 0 Å². The first-order chi connectivity index (χ1) is 10.2. The zero-order valence-corrected chi connectivity index (χ0v) is 13.6. The second-order valence-electron chi connectivity index (χ2n) is 6.10. The lowest BCUT2D eigenvalue weighted by molar-refractivity contribution is 0.0548. The number of rotatable bonds is 8.